The number of carboxylic acids is 1. The molecule has 3 aromatic rings. The first kappa shape index (κ1) is 19.7. The number of pyridine rings is 1. The predicted molar refractivity (Wildman–Crippen MR) is 115 cm³/mol. The molecule has 4 rings (SSSR count). The second-order valence-electron chi connectivity index (χ2n) is 7.55. The van der Waals surface area contributed by atoms with Gasteiger partial charge < -0.3 is 19.5 Å². The molecule has 1 aliphatic rings. The minimum absolute atomic E-state index is 0.219. The molecule has 0 unspecified atom stereocenters. The number of aromatic nitrogens is 1. The Bertz CT molecular complexity index is 1160. The van der Waals surface area contributed by atoms with Crippen molar-refractivity contribution in [2.75, 3.05) is 31.1 Å². The average Bonchev–Trinajstić information content (AvgIpc) is 2.76. The number of piperazine rings is 1. The summed E-state index contributed by atoms with van der Waals surface area (Å²) in [5.74, 6) is -1.24. The Morgan fingerprint density at radius 1 is 1.07 bits per heavy atom. The number of hydrogen-bond donors (Lipinski definition) is 1. The molecule has 2 heterocycles. The van der Waals surface area contributed by atoms with Crippen LogP contribution in [0.25, 0.3) is 10.9 Å². The summed E-state index contributed by atoms with van der Waals surface area (Å²) in [5, 5.41) is 10.7. The number of rotatable bonds is 5. The highest BCUT2D eigenvalue weighted by Crippen LogP contribution is 2.31. The summed E-state index contributed by atoms with van der Waals surface area (Å²) in [6.07, 6.45) is 0.801. The van der Waals surface area contributed by atoms with E-state index in [2.05, 4.69) is 0 Å². The highest BCUT2D eigenvalue weighted by atomic mass is 16.4. The fourth-order valence-corrected chi connectivity index (χ4v) is 4.05. The fourth-order valence-electron chi connectivity index (χ4n) is 4.05. The Kier molecular flexibility index (Phi) is 5.27. The van der Waals surface area contributed by atoms with E-state index in [9.17, 15) is 19.5 Å². The highest BCUT2D eigenvalue weighted by Gasteiger charge is 2.28. The molecule has 0 aliphatic carbocycles. The summed E-state index contributed by atoms with van der Waals surface area (Å²) >= 11 is 0. The lowest BCUT2D eigenvalue weighted by Crippen LogP contribution is -2.47. The van der Waals surface area contributed by atoms with Crippen LogP contribution < -0.4 is 10.5 Å². The van der Waals surface area contributed by atoms with Gasteiger partial charge in [-0.1, -0.05) is 42.0 Å². The van der Waals surface area contributed by atoms with Crippen molar-refractivity contribution < 1.29 is 14.7 Å². The van der Waals surface area contributed by atoms with Gasteiger partial charge in [-0.15, -0.1) is 0 Å². The topological polar surface area (TPSA) is 82.9 Å². The summed E-state index contributed by atoms with van der Waals surface area (Å²) < 4.78 is 1.54. The second kappa shape index (κ2) is 8.02. The largest absolute Gasteiger partial charge is 0.477 e. The SMILES string of the molecule is Cc1ccc2c(c1)c(N1CCN(C=O)CC1)c(C(=O)O)c(=O)n2Cc1ccccc1. The van der Waals surface area contributed by atoms with E-state index in [0.29, 0.717) is 43.9 Å². The molecule has 7 nitrogen and oxygen atoms in total. The molecule has 1 aromatic heterocycles. The summed E-state index contributed by atoms with van der Waals surface area (Å²) in [7, 11) is 0. The molecule has 1 aliphatic heterocycles. The number of carbonyl (C=O) groups is 2. The third-order valence-corrected chi connectivity index (χ3v) is 5.57. The molecule has 0 atom stereocenters. The molecule has 1 amide bonds. The molecular weight excluding hydrogens is 382 g/mol. The third-order valence-electron chi connectivity index (χ3n) is 5.57. The maximum absolute atomic E-state index is 13.4. The van der Waals surface area contributed by atoms with Crippen molar-refractivity contribution in [1.29, 1.82) is 0 Å². The molecule has 2 aromatic carbocycles. The summed E-state index contributed by atoms with van der Waals surface area (Å²) in [4.78, 5) is 40.3. The van der Waals surface area contributed by atoms with E-state index in [1.165, 1.54) is 0 Å². The van der Waals surface area contributed by atoms with Crippen molar-refractivity contribution in [3.05, 3.63) is 75.6 Å². The molecule has 0 radical (unpaired) electrons. The van der Waals surface area contributed by atoms with Crippen molar-refractivity contribution in [3.8, 4) is 0 Å². The molecular formula is C23H23N3O4. The molecule has 0 bridgehead atoms. The van der Waals surface area contributed by atoms with Crippen LogP contribution in [0, 0.1) is 6.92 Å². The molecule has 0 saturated carbocycles. The molecule has 1 N–H and O–H groups in total. The average molecular weight is 405 g/mol. The van der Waals surface area contributed by atoms with Crippen LogP contribution in [0.15, 0.2) is 53.3 Å². The van der Waals surface area contributed by atoms with Crippen LogP contribution in [0.3, 0.4) is 0 Å². The van der Waals surface area contributed by atoms with E-state index in [4.69, 9.17) is 0 Å². The van der Waals surface area contributed by atoms with Crippen molar-refractivity contribution in [2.24, 2.45) is 0 Å². The van der Waals surface area contributed by atoms with Gasteiger partial charge in [0.2, 0.25) is 6.41 Å². The number of anilines is 1. The van der Waals surface area contributed by atoms with E-state index in [-0.39, 0.29) is 5.56 Å². The monoisotopic (exact) mass is 405 g/mol. The van der Waals surface area contributed by atoms with E-state index in [0.717, 1.165) is 22.9 Å². The van der Waals surface area contributed by atoms with Crippen LogP contribution in [-0.4, -0.2) is 53.1 Å². The van der Waals surface area contributed by atoms with Crippen molar-refractivity contribution in [2.45, 2.75) is 13.5 Å². The van der Waals surface area contributed by atoms with Crippen molar-refractivity contribution in [3.63, 3.8) is 0 Å². The maximum atomic E-state index is 13.4. The number of aryl methyl sites for hydroxylation is 1. The summed E-state index contributed by atoms with van der Waals surface area (Å²) in [5.41, 5.74) is 2.31. The summed E-state index contributed by atoms with van der Waals surface area (Å²) in [6.45, 7) is 4.17. The number of aromatic carboxylic acids is 1. The smallest absolute Gasteiger partial charge is 0.343 e. The number of nitrogens with zero attached hydrogens (tertiary/aromatic N) is 3. The van der Waals surface area contributed by atoms with Gasteiger partial charge in [0.15, 0.2) is 0 Å². The molecule has 30 heavy (non-hydrogen) atoms. The lowest BCUT2D eigenvalue weighted by Gasteiger charge is -2.35. The van der Waals surface area contributed by atoms with E-state index < -0.39 is 11.5 Å². The number of amides is 1. The number of carboxylic acid groups (broad SMARTS) is 1. The standard InChI is InChI=1S/C23H23N3O4/c1-16-7-8-19-18(13-16)21(25-11-9-24(15-27)10-12-25)20(23(29)30)22(28)26(19)14-17-5-3-2-4-6-17/h2-8,13,15H,9-12,14H2,1H3,(H,29,30). The van der Waals surface area contributed by atoms with Gasteiger partial charge in [0.25, 0.3) is 5.56 Å². The minimum Gasteiger partial charge on any atom is -0.477 e. The zero-order chi connectivity index (χ0) is 21.3. The molecule has 7 heteroatoms. The normalized spacial score (nSPS) is 14.2. The Morgan fingerprint density at radius 2 is 1.77 bits per heavy atom. The maximum Gasteiger partial charge on any atom is 0.343 e. The quantitative estimate of drug-likeness (QED) is 0.659. The van der Waals surface area contributed by atoms with Gasteiger partial charge in [0, 0.05) is 31.6 Å². The van der Waals surface area contributed by atoms with Crippen LogP contribution in [0.5, 0.6) is 0 Å². The second-order valence-corrected chi connectivity index (χ2v) is 7.55. The Labute approximate surface area is 173 Å². The fraction of sp³-hybridized carbons (Fsp3) is 0.261. The number of hydrogen-bond acceptors (Lipinski definition) is 4. The van der Waals surface area contributed by atoms with Gasteiger partial charge in [0.1, 0.15) is 5.56 Å². The first-order valence-electron chi connectivity index (χ1n) is 9.88. The first-order chi connectivity index (χ1) is 14.5. The van der Waals surface area contributed by atoms with Gasteiger partial charge >= 0.3 is 5.97 Å². The Balaban J connectivity index is 1.95. The Hall–Kier alpha value is -3.61. The van der Waals surface area contributed by atoms with Crippen LogP contribution in [-0.2, 0) is 11.3 Å². The van der Waals surface area contributed by atoms with Crippen molar-refractivity contribution >= 4 is 29.0 Å². The van der Waals surface area contributed by atoms with Crippen LogP contribution in [0.2, 0.25) is 0 Å². The molecule has 1 saturated heterocycles. The first-order valence-corrected chi connectivity index (χ1v) is 9.88. The van der Waals surface area contributed by atoms with E-state index >= 15 is 0 Å². The lowest BCUT2D eigenvalue weighted by molar-refractivity contribution is -0.118. The Morgan fingerprint density at radius 3 is 2.40 bits per heavy atom. The zero-order valence-electron chi connectivity index (χ0n) is 16.7. The van der Waals surface area contributed by atoms with Crippen LogP contribution in [0.1, 0.15) is 21.5 Å². The molecule has 154 valence electrons. The number of carbonyl (C=O) groups excluding carboxylic acids is 1. The predicted octanol–water partition coefficient (Wildman–Crippen LogP) is 2.33. The molecule has 1 fully saturated rings. The van der Waals surface area contributed by atoms with Gasteiger partial charge in [-0.2, -0.15) is 0 Å². The van der Waals surface area contributed by atoms with E-state index in [1.807, 2.05) is 60.4 Å². The van der Waals surface area contributed by atoms with Gasteiger partial charge in [-0.3, -0.25) is 9.59 Å². The summed E-state index contributed by atoms with van der Waals surface area (Å²) in [6, 6.07) is 15.3. The van der Waals surface area contributed by atoms with Gasteiger partial charge in [-0.25, -0.2) is 4.79 Å². The zero-order valence-corrected chi connectivity index (χ0v) is 16.7. The number of fused-ring (bicyclic) bond motifs is 1. The van der Waals surface area contributed by atoms with Gasteiger partial charge in [-0.05, 0) is 24.6 Å². The molecule has 0 spiro atoms. The third kappa shape index (κ3) is 3.54. The van der Waals surface area contributed by atoms with E-state index in [1.54, 1.807) is 9.47 Å². The van der Waals surface area contributed by atoms with Crippen LogP contribution >= 0.6 is 0 Å². The van der Waals surface area contributed by atoms with Crippen molar-refractivity contribution in [1.82, 2.24) is 9.47 Å². The number of benzene rings is 2. The highest BCUT2D eigenvalue weighted by molar-refractivity contribution is 6.05. The van der Waals surface area contributed by atoms with Crippen LogP contribution in [0.4, 0.5) is 5.69 Å². The lowest BCUT2D eigenvalue weighted by atomic mass is 10.0. The van der Waals surface area contributed by atoms with Gasteiger partial charge in [0.05, 0.1) is 17.7 Å². The minimum atomic E-state index is -1.24.